The zero-order chi connectivity index (χ0) is 19.8. The van der Waals surface area contributed by atoms with E-state index in [1.165, 1.54) is 4.90 Å². The van der Waals surface area contributed by atoms with E-state index in [1.807, 2.05) is 6.92 Å². The quantitative estimate of drug-likeness (QED) is 0.196. The summed E-state index contributed by atoms with van der Waals surface area (Å²) in [5.74, 6) is 0.777. The first kappa shape index (κ1) is 24.0. The van der Waals surface area contributed by atoms with Crippen LogP contribution in [-0.4, -0.2) is 65.0 Å². The number of urea groups is 1. The van der Waals surface area contributed by atoms with Gasteiger partial charge in [0.25, 0.3) is 5.91 Å². The number of carbonyl (C=O) groups is 2. The number of guanidine groups is 1. The third kappa shape index (κ3) is 4.35. The fourth-order valence-electron chi connectivity index (χ4n) is 3.40. The summed E-state index contributed by atoms with van der Waals surface area (Å²) in [5.41, 5.74) is -0.474. The predicted octanol–water partition coefficient (Wildman–Crippen LogP) is 2.80. The molecule has 2 saturated heterocycles. The second kappa shape index (κ2) is 8.53. The maximum Gasteiger partial charge on any atom is 0.325 e. The molecule has 2 rings (SSSR count). The van der Waals surface area contributed by atoms with E-state index in [1.54, 1.807) is 6.92 Å². The lowest BCUT2D eigenvalue weighted by Crippen LogP contribution is -2.72. The minimum absolute atomic E-state index is 0. The molecular weight excluding hydrogens is 457 g/mol. The van der Waals surface area contributed by atoms with Gasteiger partial charge in [-0.05, 0) is 40.5 Å². The van der Waals surface area contributed by atoms with Crippen LogP contribution >= 0.6 is 24.0 Å². The minimum Gasteiger partial charge on any atom is -0.356 e. The van der Waals surface area contributed by atoms with Crippen LogP contribution in [0, 0.1) is 5.41 Å². The number of hydrogen-bond donors (Lipinski definition) is 2. The van der Waals surface area contributed by atoms with Crippen molar-refractivity contribution in [1.82, 2.24) is 20.4 Å². The Labute approximate surface area is 180 Å². The molecule has 0 bridgehead atoms. The second-order valence-corrected chi connectivity index (χ2v) is 8.69. The van der Waals surface area contributed by atoms with Crippen LogP contribution in [0.5, 0.6) is 0 Å². The lowest BCUT2D eigenvalue weighted by atomic mass is 9.65. The van der Waals surface area contributed by atoms with Gasteiger partial charge >= 0.3 is 6.03 Å². The van der Waals surface area contributed by atoms with Gasteiger partial charge in [0.2, 0.25) is 0 Å². The van der Waals surface area contributed by atoms with Crippen LogP contribution in [0.25, 0.3) is 0 Å². The van der Waals surface area contributed by atoms with Gasteiger partial charge in [-0.15, -0.1) is 24.0 Å². The molecule has 0 aromatic heterocycles. The summed E-state index contributed by atoms with van der Waals surface area (Å²) in [7, 11) is 0. The number of aliphatic imine (C=N–C) groups is 1. The summed E-state index contributed by atoms with van der Waals surface area (Å²) >= 11 is 0. The highest BCUT2D eigenvalue weighted by atomic mass is 127. The van der Waals surface area contributed by atoms with Crippen molar-refractivity contribution in [3.63, 3.8) is 0 Å². The third-order valence-electron chi connectivity index (χ3n) is 6.33. The first-order valence-electron chi connectivity index (χ1n) is 9.70. The van der Waals surface area contributed by atoms with Crippen LogP contribution in [0.4, 0.5) is 4.79 Å². The van der Waals surface area contributed by atoms with Crippen LogP contribution in [0.1, 0.15) is 61.3 Å². The number of amides is 3. The molecule has 156 valence electrons. The van der Waals surface area contributed by atoms with E-state index < -0.39 is 5.54 Å². The summed E-state index contributed by atoms with van der Waals surface area (Å²) < 4.78 is 0. The van der Waals surface area contributed by atoms with E-state index in [9.17, 15) is 9.59 Å². The molecule has 0 radical (unpaired) electrons. The van der Waals surface area contributed by atoms with Crippen LogP contribution < -0.4 is 10.6 Å². The molecule has 27 heavy (non-hydrogen) atoms. The molecule has 1 unspecified atom stereocenters. The average Bonchev–Trinajstić information content (AvgIpc) is 2.79. The number of imide groups is 1. The molecule has 2 fully saturated rings. The predicted molar refractivity (Wildman–Crippen MR) is 120 cm³/mol. The van der Waals surface area contributed by atoms with Crippen LogP contribution in [-0.2, 0) is 4.79 Å². The van der Waals surface area contributed by atoms with Crippen molar-refractivity contribution in [1.29, 1.82) is 0 Å². The Kier molecular flexibility index (Phi) is 7.57. The van der Waals surface area contributed by atoms with Gasteiger partial charge in [-0.2, -0.15) is 0 Å². The summed E-state index contributed by atoms with van der Waals surface area (Å²) in [4.78, 5) is 32.8. The number of halogens is 1. The Morgan fingerprint density at radius 1 is 1.19 bits per heavy atom. The Hall–Kier alpha value is -1.06. The van der Waals surface area contributed by atoms with Crippen molar-refractivity contribution in [3.8, 4) is 0 Å². The fourth-order valence-corrected chi connectivity index (χ4v) is 3.40. The van der Waals surface area contributed by atoms with Crippen molar-refractivity contribution in [2.24, 2.45) is 10.4 Å². The average molecular weight is 493 g/mol. The Balaban J connectivity index is 0.00000364. The molecule has 0 aromatic carbocycles. The molecule has 0 saturated carbocycles. The van der Waals surface area contributed by atoms with Crippen molar-refractivity contribution in [3.05, 3.63) is 0 Å². The molecule has 3 amide bonds. The van der Waals surface area contributed by atoms with Crippen molar-refractivity contribution >= 4 is 41.9 Å². The molecule has 0 aliphatic carbocycles. The van der Waals surface area contributed by atoms with Gasteiger partial charge in [0.1, 0.15) is 5.54 Å². The number of nitrogens with zero attached hydrogens (tertiary/aromatic N) is 3. The molecule has 7 nitrogen and oxygen atoms in total. The molecule has 8 heteroatoms. The van der Waals surface area contributed by atoms with Gasteiger partial charge in [-0.25, -0.2) is 4.79 Å². The van der Waals surface area contributed by atoms with Crippen molar-refractivity contribution < 1.29 is 9.59 Å². The lowest BCUT2D eigenvalue weighted by Gasteiger charge is -2.62. The monoisotopic (exact) mass is 493 g/mol. The van der Waals surface area contributed by atoms with Gasteiger partial charge in [-0.3, -0.25) is 14.7 Å². The van der Waals surface area contributed by atoms with Crippen molar-refractivity contribution in [2.45, 2.75) is 72.4 Å². The van der Waals surface area contributed by atoms with Crippen molar-refractivity contribution in [2.75, 3.05) is 26.2 Å². The first-order chi connectivity index (χ1) is 12.0. The summed E-state index contributed by atoms with van der Waals surface area (Å²) in [5, 5.41) is 6.15. The van der Waals surface area contributed by atoms with E-state index in [0.29, 0.717) is 25.9 Å². The highest BCUT2D eigenvalue weighted by molar-refractivity contribution is 14.0. The van der Waals surface area contributed by atoms with E-state index in [4.69, 9.17) is 4.99 Å². The number of hydrogen-bond acceptors (Lipinski definition) is 3. The standard InChI is InChI=1S/C19H35N5O2.HI/c1-8-19(7)14(25)23(16(26)22-19)12-10-11-21-15(20-9-2)24-13-17(3,4)18(24,5)6;/h8-13H2,1-7H3,(H,20,21)(H,22,26);1H. The first-order valence-corrected chi connectivity index (χ1v) is 9.70. The maximum atomic E-state index is 12.4. The Morgan fingerprint density at radius 2 is 1.81 bits per heavy atom. The van der Waals surface area contributed by atoms with Crippen LogP contribution in [0.3, 0.4) is 0 Å². The van der Waals surface area contributed by atoms with Crippen LogP contribution in [0.15, 0.2) is 4.99 Å². The topological polar surface area (TPSA) is 77.0 Å². The SMILES string of the molecule is CCNC(=NCCCN1C(=O)NC(C)(CC)C1=O)N1CC(C)(C)C1(C)C.I. The number of rotatable bonds is 6. The van der Waals surface area contributed by atoms with Crippen LogP contribution in [0.2, 0.25) is 0 Å². The molecule has 2 heterocycles. The molecule has 2 aliphatic heterocycles. The van der Waals surface area contributed by atoms with E-state index >= 15 is 0 Å². The molecule has 2 N–H and O–H groups in total. The minimum atomic E-state index is -0.761. The second-order valence-electron chi connectivity index (χ2n) is 8.69. The van der Waals surface area contributed by atoms with Gasteiger partial charge < -0.3 is 15.5 Å². The van der Waals surface area contributed by atoms with E-state index in [0.717, 1.165) is 19.0 Å². The number of nitrogens with one attached hydrogen (secondary N) is 2. The highest BCUT2D eigenvalue weighted by Gasteiger charge is 2.53. The van der Waals surface area contributed by atoms with Gasteiger partial charge in [0, 0.05) is 37.1 Å². The Bertz CT molecular complexity index is 605. The number of likely N-dealkylation sites (tertiary alicyclic amines) is 1. The number of carbonyl (C=O) groups excluding carboxylic acids is 2. The summed E-state index contributed by atoms with van der Waals surface area (Å²) in [6.45, 7) is 17.5. The summed E-state index contributed by atoms with van der Waals surface area (Å²) in [6.07, 6.45) is 1.25. The normalized spacial score (nSPS) is 26.4. The molecule has 0 aromatic rings. The fraction of sp³-hybridized carbons (Fsp3) is 0.842. The zero-order valence-electron chi connectivity index (χ0n) is 17.8. The van der Waals surface area contributed by atoms with E-state index in [2.05, 4.69) is 50.2 Å². The molecule has 2 aliphatic rings. The molecule has 0 spiro atoms. The zero-order valence-corrected chi connectivity index (χ0v) is 20.1. The molecular formula is C19H36IN5O2. The van der Waals surface area contributed by atoms with Gasteiger partial charge in [-0.1, -0.05) is 20.8 Å². The van der Waals surface area contributed by atoms with E-state index in [-0.39, 0.29) is 46.9 Å². The Morgan fingerprint density at radius 3 is 2.26 bits per heavy atom. The largest absolute Gasteiger partial charge is 0.356 e. The highest BCUT2D eigenvalue weighted by Crippen LogP contribution is 2.46. The lowest BCUT2D eigenvalue weighted by molar-refractivity contribution is -0.130. The maximum absolute atomic E-state index is 12.4. The summed E-state index contributed by atoms with van der Waals surface area (Å²) in [6, 6.07) is -0.291. The third-order valence-corrected chi connectivity index (χ3v) is 6.33. The van der Waals surface area contributed by atoms with Gasteiger partial charge in [0.15, 0.2) is 5.96 Å². The molecule has 1 atom stereocenters. The van der Waals surface area contributed by atoms with Gasteiger partial charge in [0.05, 0.1) is 0 Å². The smallest absolute Gasteiger partial charge is 0.325 e.